The Morgan fingerprint density at radius 2 is 2.00 bits per heavy atom. The highest BCUT2D eigenvalue weighted by Gasteiger charge is 2.12. The van der Waals surface area contributed by atoms with Crippen LogP contribution in [-0.2, 0) is 0 Å². The van der Waals surface area contributed by atoms with Gasteiger partial charge in [-0.25, -0.2) is 0 Å². The number of nitrogens with two attached hydrogens (primary N) is 1. The third-order valence-corrected chi connectivity index (χ3v) is 2.58. The Balaban J connectivity index is 2.60. The second-order valence-electron chi connectivity index (χ2n) is 4.18. The van der Waals surface area contributed by atoms with Crippen molar-refractivity contribution >= 4 is 22.5 Å². The van der Waals surface area contributed by atoms with E-state index in [4.69, 9.17) is 5.73 Å². The van der Waals surface area contributed by atoms with Gasteiger partial charge in [0.05, 0.1) is 0 Å². The summed E-state index contributed by atoms with van der Waals surface area (Å²) in [7, 11) is 3.46. The van der Waals surface area contributed by atoms with E-state index in [-0.39, 0.29) is 5.91 Å². The SMILES string of the molecule is Cc1cc(N)cc2cc(C(=O)N(C)C)[nH]c12. The van der Waals surface area contributed by atoms with Gasteiger partial charge in [-0.05, 0) is 30.7 Å². The molecule has 0 aliphatic carbocycles. The van der Waals surface area contributed by atoms with Gasteiger partial charge >= 0.3 is 0 Å². The van der Waals surface area contributed by atoms with Gasteiger partial charge in [-0.3, -0.25) is 4.79 Å². The van der Waals surface area contributed by atoms with E-state index >= 15 is 0 Å². The predicted octanol–water partition coefficient (Wildman–Crippen LogP) is 1.76. The first-order chi connectivity index (χ1) is 7.49. The highest BCUT2D eigenvalue weighted by atomic mass is 16.2. The van der Waals surface area contributed by atoms with Gasteiger partial charge in [0.15, 0.2) is 0 Å². The van der Waals surface area contributed by atoms with E-state index in [1.165, 1.54) is 0 Å². The lowest BCUT2D eigenvalue weighted by molar-refractivity contribution is 0.0823. The topological polar surface area (TPSA) is 62.1 Å². The van der Waals surface area contributed by atoms with Crippen molar-refractivity contribution in [3.8, 4) is 0 Å². The Labute approximate surface area is 94.0 Å². The maximum atomic E-state index is 11.8. The van der Waals surface area contributed by atoms with E-state index in [9.17, 15) is 4.79 Å². The van der Waals surface area contributed by atoms with Crippen molar-refractivity contribution in [3.63, 3.8) is 0 Å². The Hall–Kier alpha value is -1.97. The highest BCUT2D eigenvalue weighted by molar-refractivity contribution is 5.99. The second-order valence-corrected chi connectivity index (χ2v) is 4.18. The fourth-order valence-corrected chi connectivity index (χ4v) is 1.81. The number of aromatic amines is 1. The third-order valence-electron chi connectivity index (χ3n) is 2.58. The summed E-state index contributed by atoms with van der Waals surface area (Å²) in [6.45, 7) is 1.97. The van der Waals surface area contributed by atoms with Crippen LogP contribution in [0.2, 0.25) is 0 Å². The summed E-state index contributed by atoms with van der Waals surface area (Å²) in [5.74, 6) is -0.0332. The second kappa shape index (κ2) is 3.56. The number of rotatable bonds is 1. The molecule has 0 saturated carbocycles. The van der Waals surface area contributed by atoms with Crippen LogP contribution in [0.1, 0.15) is 16.1 Å². The molecular formula is C12H15N3O. The quantitative estimate of drug-likeness (QED) is 0.715. The number of carbonyl (C=O) groups is 1. The Bertz CT molecular complexity index is 555. The lowest BCUT2D eigenvalue weighted by Gasteiger charge is -2.07. The summed E-state index contributed by atoms with van der Waals surface area (Å²) in [6.07, 6.45) is 0. The van der Waals surface area contributed by atoms with E-state index in [2.05, 4.69) is 4.98 Å². The van der Waals surface area contributed by atoms with Crippen molar-refractivity contribution < 1.29 is 4.79 Å². The Morgan fingerprint density at radius 3 is 2.62 bits per heavy atom. The Kier molecular flexibility index (Phi) is 2.34. The maximum Gasteiger partial charge on any atom is 0.269 e. The molecule has 4 heteroatoms. The van der Waals surface area contributed by atoms with Gasteiger partial charge in [0.2, 0.25) is 0 Å². The number of H-pyrrole nitrogens is 1. The minimum absolute atomic E-state index is 0.0332. The van der Waals surface area contributed by atoms with Gasteiger partial charge < -0.3 is 15.6 Å². The number of nitrogens with zero attached hydrogens (tertiary/aromatic N) is 1. The van der Waals surface area contributed by atoms with E-state index in [0.717, 1.165) is 16.5 Å². The molecule has 1 amide bonds. The Morgan fingerprint density at radius 1 is 1.31 bits per heavy atom. The van der Waals surface area contributed by atoms with Crippen LogP contribution in [0, 0.1) is 6.92 Å². The third kappa shape index (κ3) is 1.62. The molecule has 84 valence electrons. The zero-order chi connectivity index (χ0) is 11.9. The van der Waals surface area contributed by atoms with Crippen LogP contribution in [0.4, 0.5) is 5.69 Å². The molecule has 1 aromatic carbocycles. The number of carbonyl (C=O) groups excluding carboxylic acids is 1. The number of anilines is 1. The number of benzene rings is 1. The number of nitrogens with one attached hydrogen (secondary N) is 1. The number of hydrogen-bond donors (Lipinski definition) is 2. The number of nitrogen functional groups attached to an aromatic ring is 1. The minimum Gasteiger partial charge on any atom is -0.399 e. The molecule has 0 unspecified atom stereocenters. The molecule has 0 aliphatic heterocycles. The van der Waals surface area contributed by atoms with Gasteiger partial charge in [0.1, 0.15) is 5.69 Å². The number of hydrogen-bond acceptors (Lipinski definition) is 2. The van der Waals surface area contributed by atoms with Crippen LogP contribution in [0.15, 0.2) is 18.2 Å². The van der Waals surface area contributed by atoms with E-state index in [1.807, 2.05) is 25.1 Å². The standard InChI is InChI=1S/C12H15N3O/c1-7-4-9(13)5-8-6-10(14-11(7)8)12(16)15(2)3/h4-6,14H,13H2,1-3H3. The monoisotopic (exact) mass is 217 g/mol. The zero-order valence-electron chi connectivity index (χ0n) is 9.66. The molecule has 0 spiro atoms. The molecule has 0 fully saturated rings. The summed E-state index contributed by atoms with van der Waals surface area (Å²) in [5.41, 5.74) is 9.09. The molecule has 0 aliphatic rings. The summed E-state index contributed by atoms with van der Waals surface area (Å²) >= 11 is 0. The first-order valence-electron chi connectivity index (χ1n) is 5.09. The largest absolute Gasteiger partial charge is 0.399 e. The maximum absolute atomic E-state index is 11.8. The average molecular weight is 217 g/mol. The number of aromatic nitrogens is 1. The van der Waals surface area contributed by atoms with Crippen LogP contribution in [0.5, 0.6) is 0 Å². The van der Waals surface area contributed by atoms with Crippen molar-refractivity contribution in [2.75, 3.05) is 19.8 Å². The van der Waals surface area contributed by atoms with Crippen molar-refractivity contribution in [1.29, 1.82) is 0 Å². The number of aryl methyl sites for hydroxylation is 1. The highest BCUT2D eigenvalue weighted by Crippen LogP contribution is 2.22. The van der Waals surface area contributed by atoms with Crippen LogP contribution in [0.25, 0.3) is 10.9 Å². The molecule has 0 bridgehead atoms. The first kappa shape index (κ1) is 10.5. The average Bonchev–Trinajstić information content (AvgIpc) is 2.60. The van der Waals surface area contributed by atoms with E-state index < -0.39 is 0 Å². The van der Waals surface area contributed by atoms with Crippen molar-refractivity contribution in [3.05, 3.63) is 29.5 Å². The lowest BCUT2D eigenvalue weighted by atomic mass is 10.1. The van der Waals surface area contributed by atoms with E-state index in [0.29, 0.717) is 11.4 Å². The van der Waals surface area contributed by atoms with Gasteiger partial charge in [-0.1, -0.05) is 0 Å². The summed E-state index contributed by atoms with van der Waals surface area (Å²) in [6, 6.07) is 5.59. The molecule has 1 aromatic heterocycles. The van der Waals surface area contributed by atoms with Gasteiger partial charge in [-0.15, -0.1) is 0 Å². The summed E-state index contributed by atoms with van der Waals surface area (Å²) in [5, 5.41) is 0.975. The lowest BCUT2D eigenvalue weighted by Crippen LogP contribution is -2.21. The van der Waals surface area contributed by atoms with Crippen LogP contribution in [0.3, 0.4) is 0 Å². The van der Waals surface area contributed by atoms with Crippen molar-refractivity contribution in [2.24, 2.45) is 0 Å². The molecule has 2 rings (SSSR count). The molecule has 0 radical (unpaired) electrons. The van der Waals surface area contributed by atoms with Crippen molar-refractivity contribution in [2.45, 2.75) is 6.92 Å². The first-order valence-corrected chi connectivity index (χ1v) is 5.09. The van der Waals surface area contributed by atoms with Gasteiger partial charge in [0, 0.05) is 30.7 Å². The van der Waals surface area contributed by atoms with Gasteiger partial charge in [-0.2, -0.15) is 0 Å². The molecule has 16 heavy (non-hydrogen) atoms. The van der Waals surface area contributed by atoms with Crippen LogP contribution in [-0.4, -0.2) is 29.9 Å². The summed E-state index contributed by atoms with van der Waals surface area (Å²) < 4.78 is 0. The fraction of sp³-hybridized carbons (Fsp3) is 0.250. The number of amides is 1. The molecule has 0 saturated heterocycles. The van der Waals surface area contributed by atoms with Crippen molar-refractivity contribution in [1.82, 2.24) is 9.88 Å². The van der Waals surface area contributed by atoms with Crippen LogP contribution >= 0.6 is 0 Å². The normalized spacial score (nSPS) is 10.7. The molecule has 3 N–H and O–H groups in total. The molecule has 1 heterocycles. The fourth-order valence-electron chi connectivity index (χ4n) is 1.81. The molecular weight excluding hydrogens is 202 g/mol. The van der Waals surface area contributed by atoms with Gasteiger partial charge in [0.25, 0.3) is 5.91 Å². The minimum atomic E-state index is -0.0332. The van der Waals surface area contributed by atoms with Crippen LogP contribution < -0.4 is 5.73 Å². The predicted molar refractivity (Wildman–Crippen MR) is 65.5 cm³/mol. The number of fused-ring (bicyclic) bond motifs is 1. The zero-order valence-corrected chi connectivity index (χ0v) is 9.66. The van der Waals surface area contributed by atoms with E-state index in [1.54, 1.807) is 19.0 Å². The smallest absolute Gasteiger partial charge is 0.269 e. The molecule has 4 nitrogen and oxygen atoms in total. The molecule has 2 aromatic rings. The molecule has 0 atom stereocenters. The summed E-state index contributed by atoms with van der Waals surface area (Å²) in [4.78, 5) is 16.4.